The van der Waals surface area contributed by atoms with Gasteiger partial charge in [0, 0.05) is 28.8 Å². The topological polar surface area (TPSA) is 60.7 Å². The van der Waals surface area contributed by atoms with Gasteiger partial charge in [0.1, 0.15) is 18.2 Å². The Morgan fingerprint density at radius 3 is 2.58 bits per heavy atom. The molecule has 0 spiro atoms. The van der Waals surface area contributed by atoms with Crippen LogP contribution in [0.5, 0.6) is 5.75 Å². The van der Waals surface area contributed by atoms with Crippen LogP contribution in [0.15, 0.2) is 66.7 Å². The summed E-state index contributed by atoms with van der Waals surface area (Å²) >= 11 is 0. The maximum absolute atomic E-state index is 14.3. The smallest absolute Gasteiger partial charge is 0.309 e. The van der Waals surface area contributed by atoms with E-state index < -0.39 is 17.0 Å². The zero-order valence-corrected chi connectivity index (χ0v) is 22.4. The second kappa shape index (κ2) is 9.91. The Hall–Kier alpha value is -3.64. The molecule has 4 aromatic rings. The second-order valence-corrected chi connectivity index (χ2v) is 10.8. The first kappa shape index (κ1) is 26.0. The summed E-state index contributed by atoms with van der Waals surface area (Å²) in [7, 11) is 0. The standard InChI is InChI=1S/C32H34FNO4/c1-5-32(20-31(3,4)30(35)36)29-26(16-17-38-32)34(23-14-15-24(33)21(2)18-23)25-12-9-13-27(28(25)29)37-19-22-10-7-6-8-11-22/h6-15,18H,5,16-17,19-20H2,1-4H3,(H,35,36)/t32-/m1/s1. The first-order valence-corrected chi connectivity index (χ1v) is 13.1. The molecule has 2 heterocycles. The number of rotatable bonds is 8. The fraction of sp³-hybridized carbons (Fsp3) is 0.344. The molecule has 1 aliphatic heterocycles. The van der Waals surface area contributed by atoms with Crippen LogP contribution in [0.3, 0.4) is 0 Å². The molecule has 1 aliphatic rings. The molecule has 1 aromatic heterocycles. The van der Waals surface area contributed by atoms with E-state index in [1.165, 1.54) is 6.07 Å². The fourth-order valence-electron chi connectivity index (χ4n) is 5.75. The summed E-state index contributed by atoms with van der Waals surface area (Å²) in [5, 5.41) is 10.9. The number of benzene rings is 3. The van der Waals surface area contributed by atoms with Crippen molar-refractivity contribution in [3.8, 4) is 11.4 Å². The normalized spacial score (nSPS) is 17.4. The molecular weight excluding hydrogens is 481 g/mol. The zero-order chi connectivity index (χ0) is 27.1. The number of carboxylic acids is 1. The Bertz CT molecular complexity index is 1490. The van der Waals surface area contributed by atoms with Gasteiger partial charge < -0.3 is 19.1 Å². The predicted octanol–water partition coefficient (Wildman–Crippen LogP) is 7.34. The van der Waals surface area contributed by atoms with Crippen molar-refractivity contribution in [2.45, 2.75) is 59.2 Å². The van der Waals surface area contributed by atoms with Gasteiger partial charge in [0.05, 0.1) is 23.1 Å². The van der Waals surface area contributed by atoms with E-state index >= 15 is 0 Å². The SMILES string of the molecule is CC[C@]1(CC(C)(C)C(=O)O)OCCc2c1c1c(OCc3ccccc3)cccc1n2-c1ccc(F)c(C)c1. The lowest BCUT2D eigenvalue weighted by atomic mass is 9.73. The van der Waals surface area contributed by atoms with Crippen LogP contribution in [0.1, 0.15) is 56.0 Å². The highest BCUT2D eigenvalue weighted by Gasteiger charge is 2.47. The third-order valence-electron chi connectivity index (χ3n) is 7.74. The van der Waals surface area contributed by atoms with Crippen molar-refractivity contribution in [2.24, 2.45) is 5.41 Å². The van der Waals surface area contributed by atoms with Crippen molar-refractivity contribution < 1.29 is 23.8 Å². The Labute approximate surface area is 222 Å². The molecular formula is C32H34FNO4. The molecule has 0 radical (unpaired) electrons. The van der Waals surface area contributed by atoms with E-state index in [4.69, 9.17) is 9.47 Å². The largest absolute Gasteiger partial charge is 0.488 e. The number of nitrogens with zero attached hydrogens (tertiary/aromatic N) is 1. The third kappa shape index (κ3) is 4.47. The summed E-state index contributed by atoms with van der Waals surface area (Å²) in [4.78, 5) is 12.2. The van der Waals surface area contributed by atoms with Gasteiger partial charge in [-0.15, -0.1) is 0 Å². The highest BCUT2D eigenvalue weighted by molar-refractivity contribution is 5.94. The number of fused-ring (bicyclic) bond motifs is 3. The minimum Gasteiger partial charge on any atom is -0.488 e. The predicted molar refractivity (Wildman–Crippen MR) is 146 cm³/mol. The number of aliphatic carboxylic acids is 1. The molecule has 198 valence electrons. The summed E-state index contributed by atoms with van der Waals surface area (Å²) in [6.07, 6.45) is 1.56. The van der Waals surface area contributed by atoms with Crippen LogP contribution in [-0.4, -0.2) is 22.2 Å². The van der Waals surface area contributed by atoms with E-state index in [-0.39, 0.29) is 5.82 Å². The number of halogens is 1. The minimum absolute atomic E-state index is 0.250. The van der Waals surface area contributed by atoms with Crippen LogP contribution in [0.2, 0.25) is 0 Å². The molecule has 0 amide bonds. The summed E-state index contributed by atoms with van der Waals surface area (Å²) < 4.78 is 29.4. The summed E-state index contributed by atoms with van der Waals surface area (Å²) in [6, 6.07) is 21.1. The molecule has 3 aromatic carbocycles. The minimum atomic E-state index is -1.01. The number of ether oxygens (including phenoxy) is 2. The van der Waals surface area contributed by atoms with E-state index in [0.29, 0.717) is 38.0 Å². The molecule has 6 heteroatoms. The van der Waals surface area contributed by atoms with Gasteiger partial charge in [-0.25, -0.2) is 4.39 Å². The molecule has 0 saturated heterocycles. The summed E-state index contributed by atoms with van der Waals surface area (Å²) in [5.41, 5.74) is 3.61. The molecule has 0 aliphatic carbocycles. The van der Waals surface area contributed by atoms with Gasteiger partial charge in [-0.1, -0.05) is 43.3 Å². The van der Waals surface area contributed by atoms with Gasteiger partial charge in [0.15, 0.2) is 0 Å². The molecule has 5 nitrogen and oxygen atoms in total. The van der Waals surface area contributed by atoms with Gasteiger partial charge >= 0.3 is 5.97 Å². The van der Waals surface area contributed by atoms with Gasteiger partial charge in [-0.05, 0) is 75.1 Å². The lowest BCUT2D eigenvalue weighted by Gasteiger charge is -2.41. The fourth-order valence-corrected chi connectivity index (χ4v) is 5.75. The first-order chi connectivity index (χ1) is 18.2. The van der Waals surface area contributed by atoms with Crippen LogP contribution in [0.25, 0.3) is 16.6 Å². The van der Waals surface area contributed by atoms with E-state index in [2.05, 4.69) is 4.57 Å². The van der Waals surface area contributed by atoms with E-state index in [9.17, 15) is 14.3 Å². The van der Waals surface area contributed by atoms with Crippen LogP contribution < -0.4 is 4.74 Å². The van der Waals surface area contributed by atoms with Crippen LogP contribution in [0.4, 0.5) is 4.39 Å². The maximum atomic E-state index is 14.3. The monoisotopic (exact) mass is 515 g/mol. The molecule has 1 N–H and O–H groups in total. The molecule has 5 rings (SSSR count). The van der Waals surface area contributed by atoms with Crippen molar-refractivity contribution >= 4 is 16.9 Å². The quantitative estimate of drug-likeness (QED) is 0.267. The van der Waals surface area contributed by atoms with Crippen molar-refractivity contribution in [2.75, 3.05) is 6.61 Å². The van der Waals surface area contributed by atoms with Gasteiger partial charge in [0.2, 0.25) is 0 Å². The molecule has 0 bridgehead atoms. The van der Waals surface area contributed by atoms with Gasteiger partial charge in [0.25, 0.3) is 0 Å². The van der Waals surface area contributed by atoms with Crippen LogP contribution >= 0.6 is 0 Å². The Morgan fingerprint density at radius 2 is 1.89 bits per heavy atom. The highest BCUT2D eigenvalue weighted by atomic mass is 19.1. The summed E-state index contributed by atoms with van der Waals surface area (Å²) in [6.45, 7) is 8.18. The second-order valence-electron chi connectivity index (χ2n) is 10.8. The van der Waals surface area contributed by atoms with Crippen LogP contribution in [-0.2, 0) is 28.2 Å². The lowest BCUT2D eigenvalue weighted by molar-refractivity contribution is -0.155. The van der Waals surface area contributed by atoms with Gasteiger partial charge in [-0.3, -0.25) is 4.79 Å². The average molecular weight is 516 g/mol. The third-order valence-corrected chi connectivity index (χ3v) is 7.74. The van der Waals surface area contributed by atoms with Crippen molar-refractivity contribution in [3.63, 3.8) is 0 Å². The molecule has 1 atom stereocenters. The number of carboxylic acid groups (broad SMARTS) is 1. The van der Waals surface area contributed by atoms with Crippen molar-refractivity contribution in [1.82, 2.24) is 4.57 Å². The number of carbonyl (C=O) groups is 1. The molecule has 38 heavy (non-hydrogen) atoms. The first-order valence-electron chi connectivity index (χ1n) is 13.1. The van der Waals surface area contributed by atoms with E-state index in [1.54, 1.807) is 26.8 Å². The lowest BCUT2D eigenvalue weighted by Crippen LogP contribution is -2.41. The number of aryl methyl sites for hydroxylation is 1. The number of hydrogen-bond acceptors (Lipinski definition) is 3. The average Bonchev–Trinajstić information content (AvgIpc) is 3.25. The Kier molecular flexibility index (Phi) is 6.78. The van der Waals surface area contributed by atoms with Gasteiger partial charge in [-0.2, -0.15) is 0 Å². The Balaban J connectivity index is 1.77. The number of aromatic nitrogens is 1. The number of hydrogen-bond donors (Lipinski definition) is 1. The molecule has 0 saturated carbocycles. The van der Waals surface area contributed by atoms with E-state index in [1.807, 2.05) is 61.5 Å². The van der Waals surface area contributed by atoms with Crippen molar-refractivity contribution in [3.05, 3.63) is 94.9 Å². The zero-order valence-electron chi connectivity index (χ0n) is 22.4. The molecule has 0 fully saturated rings. The summed E-state index contributed by atoms with van der Waals surface area (Å²) in [5.74, 6) is -0.392. The van der Waals surface area contributed by atoms with Crippen molar-refractivity contribution in [1.29, 1.82) is 0 Å². The Morgan fingerprint density at radius 1 is 1.13 bits per heavy atom. The maximum Gasteiger partial charge on any atom is 0.309 e. The highest BCUT2D eigenvalue weighted by Crippen LogP contribution is 2.51. The van der Waals surface area contributed by atoms with E-state index in [0.717, 1.165) is 39.2 Å². The molecule has 0 unspecified atom stereocenters. The van der Waals surface area contributed by atoms with Crippen LogP contribution in [0, 0.1) is 18.2 Å².